The second kappa shape index (κ2) is 4.00. The third kappa shape index (κ3) is 2.00. The van der Waals surface area contributed by atoms with Crippen molar-refractivity contribution in [3.05, 3.63) is 6.33 Å². The first kappa shape index (κ1) is 10.1. The summed E-state index contributed by atoms with van der Waals surface area (Å²) in [6.07, 6.45) is 5.14. The Kier molecular flexibility index (Phi) is 2.70. The number of nitrogens with two attached hydrogens (primary N) is 1. The zero-order valence-electron chi connectivity index (χ0n) is 9.22. The summed E-state index contributed by atoms with van der Waals surface area (Å²) >= 11 is 0. The fourth-order valence-corrected chi connectivity index (χ4v) is 2.24. The number of aromatic nitrogens is 3. The fourth-order valence-electron chi connectivity index (χ4n) is 2.24. The van der Waals surface area contributed by atoms with Gasteiger partial charge in [0, 0.05) is 12.1 Å². The van der Waals surface area contributed by atoms with Crippen LogP contribution in [0.2, 0.25) is 0 Å². The molecule has 0 unspecified atom stereocenters. The van der Waals surface area contributed by atoms with Crippen LogP contribution in [0.25, 0.3) is 0 Å². The summed E-state index contributed by atoms with van der Waals surface area (Å²) in [5, 5.41) is 0. The molecule has 0 aromatic carbocycles. The summed E-state index contributed by atoms with van der Waals surface area (Å²) in [5.41, 5.74) is 5.57. The van der Waals surface area contributed by atoms with Gasteiger partial charge in [0.15, 0.2) is 0 Å². The number of anilines is 2. The number of nitrogen functional groups attached to an aromatic ring is 1. The predicted octanol–water partition coefficient (Wildman–Crippen LogP) is 1.22. The van der Waals surface area contributed by atoms with Gasteiger partial charge in [-0.2, -0.15) is 4.98 Å². The monoisotopic (exact) mass is 207 g/mol. The Bertz CT molecular complexity index is 330. The quantitative estimate of drug-likeness (QED) is 0.750. The largest absolute Gasteiger partial charge is 0.368 e. The number of hydrogen-bond acceptors (Lipinski definition) is 5. The van der Waals surface area contributed by atoms with E-state index in [4.69, 9.17) is 5.73 Å². The van der Waals surface area contributed by atoms with Gasteiger partial charge in [0.05, 0.1) is 0 Å². The third-order valence-corrected chi connectivity index (χ3v) is 3.00. The van der Waals surface area contributed by atoms with Crippen LogP contribution < -0.4 is 10.6 Å². The van der Waals surface area contributed by atoms with Crippen LogP contribution >= 0.6 is 0 Å². The van der Waals surface area contributed by atoms with Crippen molar-refractivity contribution in [1.29, 1.82) is 0 Å². The van der Waals surface area contributed by atoms with E-state index in [0.29, 0.717) is 24.0 Å². The molecule has 1 aliphatic heterocycles. The number of hydrogen-bond donors (Lipinski definition) is 1. The van der Waals surface area contributed by atoms with Gasteiger partial charge >= 0.3 is 0 Å². The standard InChI is InChI=1S/C10H17N5/c1-7-4-3-5-8(2)15(7)10-13-6-12-9(11)14-10/h6-8H,3-5H2,1-2H3,(H2,11,12,13,14)/t7-,8+. The van der Waals surface area contributed by atoms with Crippen LogP contribution in [0.1, 0.15) is 33.1 Å². The lowest BCUT2D eigenvalue weighted by Gasteiger charge is -2.38. The molecule has 0 aliphatic carbocycles. The molecule has 2 atom stereocenters. The average molecular weight is 207 g/mol. The summed E-state index contributed by atoms with van der Waals surface area (Å²) < 4.78 is 0. The lowest BCUT2D eigenvalue weighted by molar-refractivity contribution is 0.407. The van der Waals surface area contributed by atoms with E-state index in [2.05, 4.69) is 33.7 Å². The van der Waals surface area contributed by atoms with Crippen molar-refractivity contribution < 1.29 is 0 Å². The Labute approximate surface area is 89.7 Å². The van der Waals surface area contributed by atoms with Crippen LogP contribution in [-0.4, -0.2) is 27.0 Å². The average Bonchev–Trinajstić information content (AvgIpc) is 2.17. The first-order valence-electron chi connectivity index (χ1n) is 5.41. The van der Waals surface area contributed by atoms with Gasteiger partial charge in [-0.3, -0.25) is 0 Å². The van der Waals surface area contributed by atoms with Gasteiger partial charge in [-0.25, -0.2) is 9.97 Å². The van der Waals surface area contributed by atoms with Gasteiger partial charge in [0.25, 0.3) is 0 Å². The van der Waals surface area contributed by atoms with Gasteiger partial charge < -0.3 is 10.6 Å². The Hall–Kier alpha value is -1.39. The molecule has 82 valence electrons. The first-order valence-corrected chi connectivity index (χ1v) is 5.41. The molecule has 0 radical (unpaired) electrons. The van der Waals surface area contributed by atoms with E-state index in [1.807, 2.05) is 0 Å². The molecule has 1 aromatic heterocycles. The molecular weight excluding hydrogens is 190 g/mol. The molecule has 1 saturated heterocycles. The highest BCUT2D eigenvalue weighted by Gasteiger charge is 2.26. The van der Waals surface area contributed by atoms with E-state index in [9.17, 15) is 0 Å². The van der Waals surface area contributed by atoms with Crippen molar-refractivity contribution in [3.8, 4) is 0 Å². The fraction of sp³-hybridized carbons (Fsp3) is 0.700. The number of piperidine rings is 1. The highest BCUT2D eigenvalue weighted by atomic mass is 15.3. The van der Waals surface area contributed by atoms with Crippen LogP contribution in [0.15, 0.2) is 6.33 Å². The third-order valence-electron chi connectivity index (χ3n) is 3.00. The highest BCUT2D eigenvalue weighted by Crippen LogP contribution is 2.26. The van der Waals surface area contributed by atoms with Crippen LogP contribution in [0.5, 0.6) is 0 Å². The first-order chi connectivity index (χ1) is 7.18. The Morgan fingerprint density at radius 1 is 1.27 bits per heavy atom. The maximum atomic E-state index is 5.57. The van der Waals surface area contributed by atoms with E-state index in [1.165, 1.54) is 25.6 Å². The summed E-state index contributed by atoms with van der Waals surface area (Å²) in [6, 6.07) is 0.964. The molecule has 0 saturated carbocycles. The zero-order valence-corrected chi connectivity index (χ0v) is 9.22. The molecular formula is C10H17N5. The second-order valence-corrected chi connectivity index (χ2v) is 4.18. The van der Waals surface area contributed by atoms with Crippen molar-refractivity contribution in [2.24, 2.45) is 0 Å². The van der Waals surface area contributed by atoms with Gasteiger partial charge in [-0.05, 0) is 33.1 Å². The van der Waals surface area contributed by atoms with E-state index in [1.54, 1.807) is 0 Å². The second-order valence-electron chi connectivity index (χ2n) is 4.18. The molecule has 0 amide bonds. The maximum absolute atomic E-state index is 5.57. The zero-order chi connectivity index (χ0) is 10.8. The summed E-state index contributed by atoms with van der Waals surface area (Å²) in [6.45, 7) is 4.41. The van der Waals surface area contributed by atoms with Gasteiger partial charge in [0.2, 0.25) is 11.9 Å². The Morgan fingerprint density at radius 3 is 2.53 bits per heavy atom. The molecule has 0 spiro atoms. The Balaban J connectivity index is 2.27. The Morgan fingerprint density at radius 2 is 1.93 bits per heavy atom. The van der Waals surface area contributed by atoms with Gasteiger partial charge in [-0.1, -0.05) is 0 Å². The number of rotatable bonds is 1. The molecule has 1 aliphatic rings. The van der Waals surface area contributed by atoms with Crippen molar-refractivity contribution in [1.82, 2.24) is 15.0 Å². The van der Waals surface area contributed by atoms with Crippen LogP contribution in [0.4, 0.5) is 11.9 Å². The molecule has 2 rings (SSSR count). The predicted molar refractivity (Wildman–Crippen MR) is 59.5 cm³/mol. The van der Waals surface area contributed by atoms with E-state index in [-0.39, 0.29) is 0 Å². The molecule has 15 heavy (non-hydrogen) atoms. The topological polar surface area (TPSA) is 67.9 Å². The smallest absolute Gasteiger partial charge is 0.230 e. The number of nitrogens with zero attached hydrogens (tertiary/aromatic N) is 4. The van der Waals surface area contributed by atoms with E-state index in [0.717, 1.165) is 0 Å². The minimum Gasteiger partial charge on any atom is -0.368 e. The minimum absolute atomic E-state index is 0.296. The van der Waals surface area contributed by atoms with Crippen molar-refractivity contribution in [2.45, 2.75) is 45.2 Å². The normalized spacial score (nSPS) is 26.7. The summed E-state index contributed by atoms with van der Waals surface area (Å²) in [7, 11) is 0. The SMILES string of the molecule is C[C@@H]1CCC[C@H](C)N1c1ncnc(N)n1. The summed E-state index contributed by atoms with van der Waals surface area (Å²) in [4.78, 5) is 14.4. The van der Waals surface area contributed by atoms with Gasteiger partial charge in [-0.15, -0.1) is 0 Å². The molecule has 5 nitrogen and oxygen atoms in total. The van der Waals surface area contributed by atoms with Gasteiger partial charge in [0.1, 0.15) is 6.33 Å². The molecule has 1 aromatic rings. The summed E-state index contributed by atoms with van der Waals surface area (Å²) in [5.74, 6) is 1.01. The van der Waals surface area contributed by atoms with Crippen molar-refractivity contribution in [2.75, 3.05) is 10.6 Å². The van der Waals surface area contributed by atoms with Crippen LogP contribution in [-0.2, 0) is 0 Å². The molecule has 2 heterocycles. The van der Waals surface area contributed by atoms with Crippen molar-refractivity contribution >= 4 is 11.9 Å². The van der Waals surface area contributed by atoms with Crippen LogP contribution in [0, 0.1) is 0 Å². The highest BCUT2D eigenvalue weighted by molar-refractivity contribution is 5.36. The molecule has 0 bridgehead atoms. The van der Waals surface area contributed by atoms with Crippen LogP contribution in [0.3, 0.4) is 0 Å². The lowest BCUT2D eigenvalue weighted by Crippen LogP contribution is -2.44. The molecule has 1 fully saturated rings. The maximum Gasteiger partial charge on any atom is 0.230 e. The molecule has 5 heteroatoms. The van der Waals surface area contributed by atoms with E-state index >= 15 is 0 Å². The van der Waals surface area contributed by atoms with Crippen molar-refractivity contribution in [3.63, 3.8) is 0 Å². The van der Waals surface area contributed by atoms with E-state index < -0.39 is 0 Å². The lowest BCUT2D eigenvalue weighted by atomic mass is 9.98. The molecule has 2 N–H and O–H groups in total. The minimum atomic E-state index is 0.296.